The Hall–Kier alpha value is -1.88. The summed E-state index contributed by atoms with van der Waals surface area (Å²) in [6.45, 7) is 9.07. The molecule has 0 radical (unpaired) electrons. The van der Waals surface area contributed by atoms with E-state index in [4.69, 9.17) is 4.52 Å². The first kappa shape index (κ1) is 17.0. The van der Waals surface area contributed by atoms with Gasteiger partial charge in [-0.15, -0.1) is 0 Å². The first-order valence-corrected chi connectivity index (χ1v) is 8.84. The highest BCUT2D eigenvalue weighted by Gasteiger charge is 2.26. The maximum atomic E-state index is 10.1. The van der Waals surface area contributed by atoms with Gasteiger partial charge in [-0.05, 0) is 38.3 Å². The minimum absolute atomic E-state index is 0.291. The Balaban J connectivity index is 1.66. The van der Waals surface area contributed by atoms with Crippen molar-refractivity contribution in [1.82, 2.24) is 15.0 Å². The van der Waals surface area contributed by atoms with E-state index < -0.39 is 0 Å². The van der Waals surface area contributed by atoms with Gasteiger partial charge in [-0.1, -0.05) is 36.7 Å². The fourth-order valence-corrected chi connectivity index (χ4v) is 3.36. The van der Waals surface area contributed by atoms with E-state index >= 15 is 0 Å². The van der Waals surface area contributed by atoms with Crippen LogP contribution in [0.3, 0.4) is 0 Å². The molecule has 0 bridgehead atoms. The number of aromatic hydroxyl groups is 1. The molecule has 0 saturated carbocycles. The molecule has 2 aromatic rings. The molecule has 1 aliphatic heterocycles. The maximum absolute atomic E-state index is 10.1. The van der Waals surface area contributed by atoms with Crippen LogP contribution in [0.2, 0.25) is 0 Å². The number of phenolic OH excluding ortho intramolecular Hbond substituents is 1. The van der Waals surface area contributed by atoms with Crippen molar-refractivity contribution in [1.29, 1.82) is 0 Å². The van der Waals surface area contributed by atoms with Crippen molar-refractivity contribution >= 4 is 0 Å². The molecule has 0 amide bonds. The molecule has 130 valence electrons. The predicted molar refractivity (Wildman–Crippen MR) is 92.9 cm³/mol. The molecular weight excluding hydrogens is 302 g/mol. The highest BCUT2D eigenvalue weighted by Crippen LogP contribution is 2.28. The number of rotatable bonds is 5. The zero-order chi connectivity index (χ0) is 17.1. The minimum Gasteiger partial charge on any atom is -0.508 e. The smallest absolute Gasteiger partial charge is 0.231 e. The summed E-state index contributed by atoms with van der Waals surface area (Å²) in [4.78, 5) is 6.96. The van der Waals surface area contributed by atoms with Crippen molar-refractivity contribution in [3.8, 4) is 5.75 Å². The summed E-state index contributed by atoms with van der Waals surface area (Å²) < 4.78 is 5.51. The molecule has 1 aliphatic rings. The molecule has 1 aromatic carbocycles. The number of hydrogen-bond donors (Lipinski definition) is 1. The zero-order valence-electron chi connectivity index (χ0n) is 14.8. The average molecular weight is 329 g/mol. The van der Waals surface area contributed by atoms with E-state index in [2.05, 4.69) is 41.9 Å². The van der Waals surface area contributed by atoms with Gasteiger partial charge in [0.2, 0.25) is 5.89 Å². The molecule has 0 spiro atoms. The number of phenols is 1. The van der Waals surface area contributed by atoms with Crippen molar-refractivity contribution in [2.45, 2.75) is 52.5 Å². The minimum atomic E-state index is 0.291. The average Bonchev–Trinajstić information content (AvgIpc) is 2.99. The van der Waals surface area contributed by atoms with Crippen LogP contribution in [0, 0.1) is 12.8 Å². The summed E-state index contributed by atoms with van der Waals surface area (Å²) in [6, 6.07) is 5.78. The molecular formula is C19H27N3O2. The largest absolute Gasteiger partial charge is 0.508 e. The lowest BCUT2D eigenvalue weighted by Crippen LogP contribution is -2.34. The van der Waals surface area contributed by atoms with Crippen LogP contribution in [0.5, 0.6) is 5.75 Å². The van der Waals surface area contributed by atoms with E-state index in [1.165, 1.54) is 5.56 Å². The molecule has 5 heteroatoms. The molecule has 2 heterocycles. The van der Waals surface area contributed by atoms with Gasteiger partial charge >= 0.3 is 0 Å². The Morgan fingerprint density at radius 1 is 1.38 bits per heavy atom. The van der Waals surface area contributed by atoms with E-state index in [9.17, 15) is 5.11 Å². The molecule has 1 fully saturated rings. The number of benzene rings is 1. The van der Waals surface area contributed by atoms with Crippen molar-refractivity contribution < 1.29 is 9.63 Å². The standard InChI is InChI=1S/C19H27N3O2/c1-13(2)9-18-20-19(24-21-18)15-5-4-8-22(11-15)12-16-10-14(3)6-7-17(16)23/h6-7,10,13,15,23H,4-5,8-9,11-12H2,1-3H3. The quantitative estimate of drug-likeness (QED) is 0.907. The van der Waals surface area contributed by atoms with Crippen LogP contribution in [-0.2, 0) is 13.0 Å². The number of aryl methyl sites for hydroxylation is 1. The monoisotopic (exact) mass is 329 g/mol. The lowest BCUT2D eigenvalue weighted by atomic mass is 9.97. The van der Waals surface area contributed by atoms with Gasteiger partial charge in [0.1, 0.15) is 5.75 Å². The lowest BCUT2D eigenvalue weighted by molar-refractivity contribution is 0.178. The van der Waals surface area contributed by atoms with E-state index in [1.54, 1.807) is 6.07 Å². The van der Waals surface area contributed by atoms with Crippen molar-refractivity contribution in [2.75, 3.05) is 13.1 Å². The van der Waals surface area contributed by atoms with Gasteiger partial charge in [0.05, 0.1) is 5.92 Å². The summed E-state index contributed by atoms with van der Waals surface area (Å²) >= 11 is 0. The second-order valence-corrected chi connectivity index (χ2v) is 7.35. The van der Waals surface area contributed by atoms with E-state index in [-0.39, 0.29) is 0 Å². The Morgan fingerprint density at radius 2 is 2.21 bits per heavy atom. The van der Waals surface area contributed by atoms with Gasteiger partial charge in [0.15, 0.2) is 5.82 Å². The van der Waals surface area contributed by atoms with Crippen LogP contribution in [0.25, 0.3) is 0 Å². The Morgan fingerprint density at radius 3 is 3.00 bits per heavy atom. The molecule has 0 aliphatic carbocycles. The first-order chi connectivity index (χ1) is 11.5. The molecule has 1 unspecified atom stereocenters. The molecule has 1 aromatic heterocycles. The Bertz CT molecular complexity index is 681. The number of piperidine rings is 1. The molecule has 3 rings (SSSR count). The lowest BCUT2D eigenvalue weighted by Gasteiger charge is -2.31. The van der Waals surface area contributed by atoms with E-state index in [0.717, 1.165) is 56.2 Å². The van der Waals surface area contributed by atoms with Gasteiger partial charge in [-0.3, -0.25) is 4.90 Å². The first-order valence-electron chi connectivity index (χ1n) is 8.84. The Kier molecular flexibility index (Phi) is 5.19. The Labute approximate surface area is 143 Å². The van der Waals surface area contributed by atoms with Crippen LogP contribution in [0.4, 0.5) is 0 Å². The normalized spacial score (nSPS) is 19.1. The second-order valence-electron chi connectivity index (χ2n) is 7.35. The number of nitrogens with zero attached hydrogens (tertiary/aromatic N) is 3. The highest BCUT2D eigenvalue weighted by atomic mass is 16.5. The van der Waals surface area contributed by atoms with Crippen molar-refractivity contribution in [3.63, 3.8) is 0 Å². The molecule has 1 N–H and O–H groups in total. The summed E-state index contributed by atoms with van der Waals surface area (Å²) in [5.41, 5.74) is 2.16. The SMILES string of the molecule is Cc1ccc(O)c(CN2CCCC(c3nc(CC(C)C)no3)C2)c1. The van der Waals surface area contributed by atoms with Crippen LogP contribution < -0.4 is 0 Å². The van der Waals surface area contributed by atoms with Crippen LogP contribution in [0.15, 0.2) is 22.7 Å². The number of aromatic nitrogens is 2. The molecule has 1 atom stereocenters. The van der Waals surface area contributed by atoms with E-state index in [0.29, 0.717) is 17.6 Å². The zero-order valence-corrected chi connectivity index (χ0v) is 14.8. The highest BCUT2D eigenvalue weighted by molar-refractivity contribution is 5.35. The van der Waals surface area contributed by atoms with E-state index in [1.807, 2.05) is 6.07 Å². The van der Waals surface area contributed by atoms with Gasteiger partial charge in [-0.25, -0.2) is 0 Å². The van der Waals surface area contributed by atoms with Crippen molar-refractivity contribution in [2.24, 2.45) is 5.92 Å². The fraction of sp³-hybridized carbons (Fsp3) is 0.579. The second kappa shape index (κ2) is 7.34. The third kappa shape index (κ3) is 4.15. The van der Waals surface area contributed by atoms with Crippen LogP contribution in [0.1, 0.15) is 55.4 Å². The van der Waals surface area contributed by atoms with Crippen LogP contribution in [-0.4, -0.2) is 33.2 Å². The predicted octanol–water partition coefficient (Wildman–Crippen LogP) is 3.66. The molecule has 24 heavy (non-hydrogen) atoms. The van der Waals surface area contributed by atoms with Gasteiger partial charge in [-0.2, -0.15) is 4.98 Å². The summed E-state index contributed by atoms with van der Waals surface area (Å²) in [7, 11) is 0. The fourth-order valence-electron chi connectivity index (χ4n) is 3.36. The third-order valence-corrected chi connectivity index (χ3v) is 4.56. The molecule has 1 saturated heterocycles. The third-order valence-electron chi connectivity index (χ3n) is 4.56. The summed E-state index contributed by atoms with van der Waals surface area (Å²) in [5.74, 6) is 2.78. The topological polar surface area (TPSA) is 62.4 Å². The van der Waals surface area contributed by atoms with Gasteiger partial charge < -0.3 is 9.63 Å². The number of hydrogen-bond acceptors (Lipinski definition) is 5. The maximum Gasteiger partial charge on any atom is 0.231 e. The number of likely N-dealkylation sites (tertiary alicyclic amines) is 1. The van der Waals surface area contributed by atoms with Gasteiger partial charge in [0.25, 0.3) is 0 Å². The van der Waals surface area contributed by atoms with Gasteiger partial charge in [0, 0.05) is 25.1 Å². The van der Waals surface area contributed by atoms with Crippen LogP contribution >= 0.6 is 0 Å². The molecule has 5 nitrogen and oxygen atoms in total. The summed E-state index contributed by atoms with van der Waals surface area (Å²) in [6.07, 6.45) is 3.05. The summed E-state index contributed by atoms with van der Waals surface area (Å²) in [5, 5.41) is 14.2. The van der Waals surface area contributed by atoms with Crippen molar-refractivity contribution in [3.05, 3.63) is 41.0 Å².